The number of hydrogen-bond donors (Lipinski definition) is 0. The van der Waals surface area contributed by atoms with Crippen molar-refractivity contribution in [3.8, 4) is 11.5 Å². The van der Waals surface area contributed by atoms with Gasteiger partial charge in [-0.25, -0.2) is 0 Å². The van der Waals surface area contributed by atoms with Gasteiger partial charge < -0.3 is 19.3 Å². The van der Waals surface area contributed by atoms with Crippen molar-refractivity contribution in [1.29, 1.82) is 0 Å². The Morgan fingerprint density at radius 1 is 0.969 bits per heavy atom. The summed E-state index contributed by atoms with van der Waals surface area (Å²) in [7, 11) is 0. The first-order valence-corrected chi connectivity index (χ1v) is 11.7. The molecular weight excluding hydrogens is 404 g/mol. The summed E-state index contributed by atoms with van der Waals surface area (Å²) in [6, 6.07) is 11.3. The first-order chi connectivity index (χ1) is 15.6. The van der Waals surface area contributed by atoms with Crippen LogP contribution in [0.3, 0.4) is 0 Å². The van der Waals surface area contributed by atoms with Gasteiger partial charge in [0, 0.05) is 25.2 Å². The van der Waals surface area contributed by atoms with Crippen molar-refractivity contribution in [2.75, 3.05) is 32.8 Å². The summed E-state index contributed by atoms with van der Waals surface area (Å²) in [4.78, 5) is 31.2. The van der Waals surface area contributed by atoms with Gasteiger partial charge in [-0.3, -0.25) is 9.59 Å². The van der Waals surface area contributed by atoms with E-state index in [0.717, 1.165) is 54.8 Å². The molecular formula is C26H30N2O4. The van der Waals surface area contributed by atoms with Gasteiger partial charge in [0.05, 0.1) is 25.2 Å². The van der Waals surface area contributed by atoms with Crippen LogP contribution in [0.1, 0.15) is 65.7 Å². The van der Waals surface area contributed by atoms with Crippen LogP contribution in [0.15, 0.2) is 36.4 Å². The molecule has 0 unspecified atom stereocenters. The predicted molar refractivity (Wildman–Crippen MR) is 121 cm³/mol. The van der Waals surface area contributed by atoms with Crippen LogP contribution in [-0.2, 0) is 11.2 Å². The molecule has 1 fully saturated rings. The number of fused-ring (bicyclic) bond motifs is 4. The lowest BCUT2D eigenvalue weighted by atomic mass is 9.75. The zero-order valence-corrected chi connectivity index (χ0v) is 18.8. The fourth-order valence-electron chi connectivity index (χ4n) is 5.47. The fraction of sp³-hybridized carbons (Fsp3) is 0.462. The summed E-state index contributed by atoms with van der Waals surface area (Å²) in [6.45, 7) is 7.15. The number of carbonyl (C=O) groups is 2. The average Bonchev–Trinajstić information content (AvgIpc) is 3.35. The van der Waals surface area contributed by atoms with Gasteiger partial charge >= 0.3 is 0 Å². The van der Waals surface area contributed by atoms with E-state index in [2.05, 4.69) is 0 Å². The lowest BCUT2D eigenvalue weighted by Gasteiger charge is -2.46. The molecule has 3 aliphatic heterocycles. The summed E-state index contributed by atoms with van der Waals surface area (Å²) in [5.74, 6) is 1.12. The molecule has 2 aromatic rings. The smallest absolute Gasteiger partial charge is 0.254 e. The molecule has 6 nitrogen and oxygen atoms in total. The Kier molecular flexibility index (Phi) is 5.53. The normalized spacial score (nSPS) is 21.6. The second-order valence-electron chi connectivity index (χ2n) is 8.65. The molecule has 2 amide bonds. The van der Waals surface area contributed by atoms with Crippen LogP contribution in [0.4, 0.5) is 0 Å². The Labute approximate surface area is 189 Å². The van der Waals surface area contributed by atoms with Crippen molar-refractivity contribution < 1.29 is 19.1 Å². The molecule has 0 saturated carbocycles. The van der Waals surface area contributed by atoms with Crippen molar-refractivity contribution in [2.24, 2.45) is 0 Å². The topological polar surface area (TPSA) is 59.1 Å². The molecule has 3 aliphatic rings. The molecule has 0 bridgehead atoms. The Balaban J connectivity index is 1.67. The minimum Gasteiger partial charge on any atom is -0.490 e. The minimum atomic E-state index is -0.409. The third-order valence-electron chi connectivity index (χ3n) is 6.87. The van der Waals surface area contributed by atoms with E-state index in [1.165, 1.54) is 0 Å². The van der Waals surface area contributed by atoms with E-state index in [4.69, 9.17) is 9.47 Å². The number of benzene rings is 2. The lowest BCUT2D eigenvalue weighted by molar-refractivity contribution is -0.133. The molecule has 0 spiro atoms. The first kappa shape index (κ1) is 20.9. The number of amides is 2. The largest absolute Gasteiger partial charge is 0.490 e. The maximum atomic E-state index is 13.8. The third-order valence-corrected chi connectivity index (χ3v) is 6.87. The van der Waals surface area contributed by atoms with Crippen LogP contribution in [0, 0.1) is 0 Å². The fourth-order valence-corrected chi connectivity index (χ4v) is 5.47. The minimum absolute atomic E-state index is 0.00793. The number of hydrogen-bond acceptors (Lipinski definition) is 4. The monoisotopic (exact) mass is 434 g/mol. The van der Waals surface area contributed by atoms with E-state index in [1.54, 1.807) is 0 Å². The van der Waals surface area contributed by atoms with Crippen LogP contribution in [0.25, 0.3) is 0 Å². The highest BCUT2D eigenvalue weighted by Crippen LogP contribution is 2.49. The molecule has 6 heteroatoms. The molecule has 1 saturated heterocycles. The standard InChI is InChI=1S/C26H30N2O4/c1-3-31-21-15-17-11-14-28-24(20(17)16-22(21)32-4-2)23(26(30)27-12-7-8-13-27)18-9-5-6-10-19(18)25(28)29/h5-6,9-10,15-16,23-24H,3-4,7-8,11-14H2,1-2H3/t23-,24-/m0/s1. The third kappa shape index (κ3) is 3.33. The summed E-state index contributed by atoms with van der Waals surface area (Å²) in [5.41, 5.74) is 3.63. The lowest BCUT2D eigenvalue weighted by Crippen LogP contribution is -2.50. The van der Waals surface area contributed by atoms with Crippen LogP contribution in [0.2, 0.25) is 0 Å². The summed E-state index contributed by atoms with van der Waals surface area (Å²) < 4.78 is 11.7. The summed E-state index contributed by atoms with van der Waals surface area (Å²) in [6.07, 6.45) is 2.81. The summed E-state index contributed by atoms with van der Waals surface area (Å²) >= 11 is 0. The van der Waals surface area contributed by atoms with E-state index in [1.807, 2.05) is 60.0 Å². The highest BCUT2D eigenvalue weighted by molar-refractivity contribution is 6.01. The van der Waals surface area contributed by atoms with Gasteiger partial charge in [0.2, 0.25) is 5.91 Å². The van der Waals surface area contributed by atoms with Crippen molar-refractivity contribution in [3.05, 3.63) is 58.7 Å². The number of ether oxygens (including phenoxy) is 2. The zero-order chi connectivity index (χ0) is 22.2. The molecule has 0 aromatic heterocycles. The molecule has 0 N–H and O–H groups in total. The maximum Gasteiger partial charge on any atom is 0.254 e. The average molecular weight is 435 g/mol. The molecule has 32 heavy (non-hydrogen) atoms. The van der Waals surface area contributed by atoms with Crippen molar-refractivity contribution in [1.82, 2.24) is 9.80 Å². The second kappa shape index (κ2) is 8.49. The molecule has 168 valence electrons. The van der Waals surface area contributed by atoms with E-state index in [0.29, 0.717) is 31.1 Å². The Morgan fingerprint density at radius 2 is 1.66 bits per heavy atom. The van der Waals surface area contributed by atoms with Gasteiger partial charge in [0.1, 0.15) is 0 Å². The predicted octanol–water partition coefficient (Wildman–Crippen LogP) is 3.94. The van der Waals surface area contributed by atoms with Gasteiger partial charge in [0.25, 0.3) is 5.91 Å². The maximum absolute atomic E-state index is 13.8. The van der Waals surface area contributed by atoms with Crippen LogP contribution in [0.5, 0.6) is 11.5 Å². The van der Waals surface area contributed by atoms with Crippen LogP contribution < -0.4 is 9.47 Å². The van der Waals surface area contributed by atoms with Crippen molar-refractivity contribution in [3.63, 3.8) is 0 Å². The quantitative estimate of drug-likeness (QED) is 0.715. The Bertz CT molecular complexity index is 1040. The van der Waals surface area contributed by atoms with Gasteiger partial charge in [-0.15, -0.1) is 0 Å². The molecule has 5 rings (SSSR count). The summed E-state index contributed by atoms with van der Waals surface area (Å²) in [5, 5.41) is 0. The number of likely N-dealkylation sites (tertiary alicyclic amines) is 1. The number of rotatable bonds is 5. The zero-order valence-electron chi connectivity index (χ0n) is 18.8. The van der Waals surface area contributed by atoms with Gasteiger partial charge in [0.15, 0.2) is 11.5 Å². The van der Waals surface area contributed by atoms with Crippen molar-refractivity contribution >= 4 is 11.8 Å². The number of carbonyl (C=O) groups excluding carboxylic acids is 2. The number of nitrogens with zero attached hydrogens (tertiary/aromatic N) is 2. The highest BCUT2D eigenvalue weighted by Gasteiger charge is 2.47. The van der Waals surface area contributed by atoms with Crippen LogP contribution in [-0.4, -0.2) is 54.5 Å². The molecule has 0 aliphatic carbocycles. The molecule has 2 aromatic carbocycles. The van der Waals surface area contributed by atoms with Crippen molar-refractivity contribution in [2.45, 2.75) is 45.1 Å². The van der Waals surface area contributed by atoms with Gasteiger partial charge in [-0.05, 0) is 68.0 Å². The molecule has 2 atom stereocenters. The van der Waals surface area contributed by atoms with E-state index in [-0.39, 0.29) is 17.9 Å². The Morgan fingerprint density at radius 3 is 2.38 bits per heavy atom. The van der Waals surface area contributed by atoms with Gasteiger partial charge in [-0.2, -0.15) is 0 Å². The molecule has 0 radical (unpaired) electrons. The van der Waals surface area contributed by atoms with E-state index >= 15 is 0 Å². The SMILES string of the molecule is CCOc1cc2c(cc1OCC)[C@H]1[C@@H](C(=O)N3CCCC3)c3ccccc3C(=O)N1CC2. The highest BCUT2D eigenvalue weighted by atomic mass is 16.5. The van der Waals surface area contributed by atoms with E-state index < -0.39 is 5.92 Å². The van der Waals surface area contributed by atoms with Gasteiger partial charge in [-0.1, -0.05) is 18.2 Å². The molecule has 3 heterocycles. The van der Waals surface area contributed by atoms with E-state index in [9.17, 15) is 9.59 Å². The second-order valence-corrected chi connectivity index (χ2v) is 8.65. The Hall–Kier alpha value is -3.02. The first-order valence-electron chi connectivity index (χ1n) is 11.7. The van der Waals surface area contributed by atoms with Crippen LogP contribution >= 0.6 is 0 Å².